The SMILES string of the molecule is CN(C(=O)c1cccc(-n2nc(C(F)(F)F)c3c2C(Oc2ccc(C(=O)O)cc2)COC3)c1)c1cnc(OC(F)F)nc1. The van der Waals surface area contributed by atoms with Crippen LogP contribution in [0.25, 0.3) is 5.69 Å². The molecule has 0 spiro atoms. The third-order valence-corrected chi connectivity index (χ3v) is 6.33. The van der Waals surface area contributed by atoms with Gasteiger partial charge in [0.1, 0.15) is 5.75 Å². The molecular formula is C27H20F5N5O6. The van der Waals surface area contributed by atoms with Gasteiger partial charge in [0.25, 0.3) is 5.91 Å². The highest BCUT2D eigenvalue weighted by Gasteiger charge is 2.43. The summed E-state index contributed by atoms with van der Waals surface area (Å²) in [5.74, 6) is -1.58. The molecule has 4 aromatic rings. The first kappa shape index (κ1) is 29.4. The van der Waals surface area contributed by atoms with E-state index >= 15 is 0 Å². The molecule has 0 aliphatic carbocycles. The van der Waals surface area contributed by atoms with Crippen molar-refractivity contribution in [3.05, 3.63) is 89.0 Å². The molecular weight excluding hydrogens is 585 g/mol. The first-order valence-corrected chi connectivity index (χ1v) is 12.3. The molecule has 0 fully saturated rings. The number of aromatic carboxylic acids is 1. The number of hydrogen-bond donors (Lipinski definition) is 1. The number of carboxylic acids is 1. The molecule has 11 nitrogen and oxygen atoms in total. The summed E-state index contributed by atoms with van der Waals surface area (Å²) in [7, 11) is 1.37. The van der Waals surface area contributed by atoms with Crippen molar-refractivity contribution in [3.8, 4) is 17.4 Å². The second-order valence-corrected chi connectivity index (χ2v) is 9.09. The van der Waals surface area contributed by atoms with E-state index < -0.39 is 49.1 Å². The summed E-state index contributed by atoms with van der Waals surface area (Å²) in [6.07, 6.45) is -3.72. The average molecular weight is 605 g/mol. The zero-order valence-electron chi connectivity index (χ0n) is 22.0. The number of carbonyl (C=O) groups is 2. The van der Waals surface area contributed by atoms with Crippen molar-refractivity contribution < 1.29 is 50.9 Å². The van der Waals surface area contributed by atoms with E-state index in [1.54, 1.807) is 0 Å². The molecule has 43 heavy (non-hydrogen) atoms. The highest BCUT2D eigenvalue weighted by atomic mass is 19.4. The van der Waals surface area contributed by atoms with Gasteiger partial charge in [-0.05, 0) is 42.5 Å². The molecule has 16 heteroatoms. The normalized spacial score (nSPS) is 14.7. The summed E-state index contributed by atoms with van der Waals surface area (Å²) < 4.78 is 83.3. The van der Waals surface area contributed by atoms with Gasteiger partial charge in [-0.2, -0.15) is 27.1 Å². The summed E-state index contributed by atoms with van der Waals surface area (Å²) in [6, 6.07) is 10.4. The molecule has 2 aromatic heterocycles. The predicted octanol–water partition coefficient (Wildman–Crippen LogP) is 4.91. The van der Waals surface area contributed by atoms with Gasteiger partial charge in [0.15, 0.2) is 11.8 Å². The third-order valence-electron chi connectivity index (χ3n) is 6.33. The molecule has 3 heterocycles. The zero-order valence-corrected chi connectivity index (χ0v) is 22.0. The Kier molecular flexibility index (Phi) is 7.95. The number of nitrogens with zero attached hydrogens (tertiary/aromatic N) is 5. The molecule has 1 atom stereocenters. The third kappa shape index (κ3) is 6.23. The predicted molar refractivity (Wildman–Crippen MR) is 136 cm³/mol. The van der Waals surface area contributed by atoms with Crippen LogP contribution in [0.2, 0.25) is 0 Å². The van der Waals surface area contributed by atoms with Crippen molar-refractivity contribution in [2.75, 3.05) is 18.6 Å². The second kappa shape index (κ2) is 11.6. The molecule has 224 valence electrons. The Morgan fingerprint density at radius 2 is 1.79 bits per heavy atom. The van der Waals surface area contributed by atoms with Crippen LogP contribution >= 0.6 is 0 Å². The fraction of sp³-hybridized carbons (Fsp3) is 0.222. The van der Waals surface area contributed by atoms with Gasteiger partial charge < -0.3 is 24.2 Å². The quantitative estimate of drug-likeness (QED) is 0.279. The fourth-order valence-corrected chi connectivity index (χ4v) is 4.34. The molecule has 1 amide bonds. The van der Waals surface area contributed by atoms with Crippen LogP contribution in [0.5, 0.6) is 11.8 Å². The number of carboxylic acid groups (broad SMARTS) is 1. The van der Waals surface area contributed by atoms with Gasteiger partial charge in [0.05, 0.1) is 48.2 Å². The Balaban J connectivity index is 1.49. The molecule has 1 aliphatic heterocycles. The zero-order chi connectivity index (χ0) is 30.9. The Morgan fingerprint density at radius 3 is 2.42 bits per heavy atom. The van der Waals surface area contributed by atoms with Crippen molar-refractivity contribution in [2.24, 2.45) is 0 Å². The number of amides is 1. The topological polar surface area (TPSA) is 129 Å². The van der Waals surface area contributed by atoms with Gasteiger partial charge in [-0.3, -0.25) is 4.79 Å². The summed E-state index contributed by atoms with van der Waals surface area (Å²) in [5.41, 5.74) is -1.10. The van der Waals surface area contributed by atoms with Gasteiger partial charge in [-0.1, -0.05) is 6.07 Å². The minimum atomic E-state index is -4.84. The monoisotopic (exact) mass is 605 g/mol. The van der Waals surface area contributed by atoms with Crippen molar-refractivity contribution in [1.82, 2.24) is 19.7 Å². The Morgan fingerprint density at radius 1 is 1.09 bits per heavy atom. The van der Waals surface area contributed by atoms with Crippen LogP contribution in [0.4, 0.5) is 27.6 Å². The first-order chi connectivity index (χ1) is 20.4. The van der Waals surface area contributed by atoms with Crippen LogP contribution in [0.3, 0.4) is 0 Å². The first-order valence-electron chi connectivity index (χ1n) is 12.3. The number of benzene rings is 2. The molecule has 0 bridgehead atoms. The van der Waals surface area contributed by atoms with Gasteiger partial charge in [-0.25, -0.2) is 19.4 Å². The number of aromatic nitrogens is 4. The van der Waals surface area contributed by atoms with Gasteiger partial charge >= 0.3 is 24.8 Å². The molecule has 1 aliphatic rings. The van der Waals surface area contributed by atoms with E-state index in [-0.39, 0.29) is 46.1 Å². The number of hydrogen-bond acceptors (Lipinski definition) is 8. The van der Waals surface area contributed by atoms with Gasteiger partial charge in [0, 0.05) is 18.2 Å². The van der Waals surface area contributed by atoms with E-state index in [1.165, 1.54) is 55.6 Å². The van der Waals surface area contributed by atoms with Crippen molar-refractivity contribution >= 4 is 17.6 Å². The smallest absolute Gasteiger partial charge is 0.435 e. The van der Waals surface area contributed by atoms with Crippen LogP contribution in [-0.2, 0) is 17.5 Å². The van der Waals surface area contributed by atoms with Crippen molar-refractivity contribution in [3.63, 3.8) is 0 Å². The molecule has 0 radical (unpaired) electrons. The number of anilines is 1. The Hall–Kier alpha value is -5.12. The average Bonchev–Trinajstić information content (AvgIpc) is 3.38. The molecule has 5 rings (SSSR count). The standard InChI is InChI=1S/C27H20F5N5O6/c1-36(17-10-33-26(34-11-17)43-25(28)29)23(38)15-3-2-4-16(9-15)37-21-19(22(35-37)27(30,31)32)12-41-13-20(21)42-18-7-5-14(6-8-18)24(39)40/h2-11,20,25H,12-13H2,1H3,(H,39,40). The van der Waals surface area contributed by atoms with E-state index in [1.807, 2.05) is 0 Å². The lowest BCUT2D eigenvalue weighted by Gasteiger charge is -2.26. The Labute approximate surface area is 239 Å². The molecule has 1 N–H and O–H groups in total. The number of ether oxygens (including phenoxy) is 3. The van der Waals surface area contributed by atoms with Crippen LogP contribution in [0.15, 0.2) is 60.9 Å². The lowest BCUT2D eigenvalue weighted by atomic mass is 10.1. The van der Waals surface area contributed by atoms with Crippen LogP contribution in [0.1, 0.15) is 43.8 Å². The summed E-state index contributed by atoms with van der Waals surface area (Å²) >= 11 is 0. The molecule has 2 aromatic carbocycles. The largest absolute Gasteiger partial charge is 0.482 e. The fourth-order valence-electron chi connectivity index (χ4n) is 4.34. The molecule has 0 saturated carbocycles. The summed E-state index contributed by atoms with van der Waals surface area (Å²) in [4.78, 5) is 32.8. The highest BCUT2D eigenvalue weighted by Crippen LogP contribution is 2.39. The summed E-state index contributed by atoms with van der Waals surface area (Å²) in [6.45, 7) is -3.66. The van der Waals surface area contributed by atoms with Crippen LogP contribution < -0.4 is 14.4 Å². The minimum Gasteiger partial charge on any atom is -0.482 e. The van der Waals surface area contributed by atoms with E-state index in [4.69, 9.17) is 14.6 Å². The maximum atomic E-state index is 14.0. The van der Waals surface area contributed by atoms with E-state index in [0.717, 1.165) is 22.0 Å². The minimum absolute atomic E-state index is 0.00669. The van der Waals surface area contributed by atoms with Gasteiger partial charge in [-0.15, -0.1) is 0 Å². The van der Waals surface area contributed by atoms with E-state index in [2.05, 4.69) is 19.8 Å². The van der Waals surface area contributed by atoms with E-state index in [0.29, 0.717) is 0 Å². The maximum absolute atomic E-state index is 14.0. The van der Waals surface area contributed by atoms with Crippen molar-refractivity contribution in [1.29, 1.82) is 0 Å². The van der Waals surface area contributed by atoms with Crippen LogP contribution in [0, 0.1) is 0 Å². The van der Waals surface area contributed by atoms with Crippen molar-refractivity contribution in [2.45, 2.75) is 25.5 Å². The number of fused-ring (bicyclic) bond motifs is 1. The lowest BCUT2D eigenvalue weighted by Crippen LogP contribution is -2.27. The number of carbonyl (C=O) groups excluding carboxylic acids is 1. The van der Waals surface area contributed by atoms with Crippen LogP contribution in [-0.4, -0.2) is 57.0 Å². The number of alkyl halides is 5. The highest BCUT2D eigenvalue weighted by molar-refractivity contribution is 6.05. The lowest BCUT2D eigenvalue weighted by molar-refractivity contribution is -0.143. The molecule has 1 unspecified atom stereocenters. The number of rotatable bonds is 8. The van der Waals surface area contributed by atoms with E-state index in [9.17, 15) is 31.5 Å². The second-order valence-electron chi connectivity index (χ2n) is 9.09. The summed E-state index contributed by atoms with van der Waals surface area (Å²) in [5, 5.41) is 13.0. The molecule has 0 saturated heterocycles. The van der Waals surface area contributed by atoms with Gasteiger partial charge in [0.2, 0.25) is 0 Å². The Bertz CT molecular complexity index is 1640. The number of halogens is 5. The maximum Gasteiger partial charge on any atom is 0.435 e.